The fraction of sp³-hybridized carbons (Fsp3) is 0.571. The van der Waals surface area contributed by atoms with Crippen LogP contribution in [0.4, 0.5) is 5.69 Å². The van der Waals surface area contributed by atoms with Crippen molar-refractivity contribution in [1.82, 2.24) is 9.78 Å². The third kappa shape index (κ3) is 2.61. The van der Waals surface area contributed by atoms with E-state index in [1.165, 1.54) is 30.9 Å². The Bertz CT molecular complexity index is 606. The summed E-state index contributed by atoms with van der Waals surface area (Å²) in [5.41, 5.74) is -1.77. The highest BCUT2D eigenvalue weighted by Gasteiger charge is 2.41. The van der Waals surface area contributed by atoms with Gasteiger partial charge in [0.1, 0.15) is 5.41 Å². The summed E-state index contributed by atoms with van der Waals surface area (Å²) in [6.45, 7) is 3.03. The van der Waals surface area contributed by atoms with Gasteiger partial charge in [-0.15, -0.1) is 0 Å². The Morgan fingerprint density at radius 2 is 2.10 bits per heavy atom. The van der Waals surface area contributed by atoms with E-state index in [0.717, 1.165) is 12.8 Å². The maximum atomic E-state index is 12.3. The van der Waals surface area contributed by atoms with Gasteiger partial charge >= 0.3 is 5.97 Å². The van der Waals surface area contributed by atoms with E-state index in [1.807, 2.05) is 0 Å². The zero-order valence-electron chi connectivity index (χ0n) is 12.1. The van der Waals surface area contributed by atoms with Crippen LogP contribution >= 0.6 is 0 Å². The number of hydrogen-bond donors (Lipinski definition) is 2. The molecule has 2 rings (SSSR count). The molecular weight excluding hydrogens is 272 g/mol. The van der Waals surface area contributed by atoms with Crippen LogP contribution in [0, 0.1) is 16.7 Å². The van der Waals surface area contributed by atoms with Crippen molar-refractivity contribution in [3.05, 3.63) is 12.4 Å². The van der Waals surface area contributed by atoms with Crippen molar-refractivity contribution < 1.29 is 14.7 Å². The van der Waals surface area contributed by atoms with Crippen LogP contribution in [0.2, 0.25) is 0 Å². The number of rotatable bonds is 4. The molecule has 2 N–H and O–H groups in total. The summed E-state index contributed by atoms with van der Waals surface area (Å²) in [7, 11) is 0. The first-order valence-electron chi connectivity index (χ1n) is 6.83. The quantitative estimate of drug-likeness (QED) is 0.877. The van der Waals surface area contributed by atoms with Gasteiger partial charge in [-0.2, -0.15) is 10.4 Å². The number of carboxylic acid groups (broad SMARTS) is 1. The van der Waals surface area contributed by atoms with Crippen LogP contribution in [0.25, 0.3) is 0 Å². The Morgan fingerprint density at radius 3 is 2.62 bits per heavy atom. The Kier molecular flexibility index (Phi) is 3.73. The van der Waals surface area contributed by atoms with Crippen molar-refractivity contribution in [2.75, 3.05) is 5.32 Å². The first kappa shape index (κ1) is 15.0. The van der Waals surface area contributed by atoms with Gasteiger partial charge in [-0.3, -0.25) is 9.48 Å². The lowest BCUT2D eigenvalue weighted by Crippen LogP contribution is -2.36. The minimum absolute atomic E-state index is 0.338. The van der Waals surface area contributed by atoms with Crippen LogP contribution in [0.1, 0.15) is 39.5 Å². The van der Waals surface area contributed by atoms with Crippen molar-refractivity contribution in [2.45, 2.75) is 45.1 Å². The smallest absolute Gasteiger partial charge is 0.331 e. The number of nitrogens with zero attached hydrogens (tertiary/aromatic N) is 3. The predicted octanol–water partition coefficient (Wildman–Crippen LogP) is 1.73. The molecule has 0 atom stereocenters. The third-order valence-corrected chi connectivity index (χ3v) is 4.04. The zero-order valence-corrected chi connectivity index (χ0v) is 12.1. The molecule has 1 heterocycles. The number of nitriles is 1. The molecule has 0 radical (unpaired) electrons. The van der Waals surface area contributed by atoms with Gasteiger partial charge in [-0.05, 0) is 26.7 Å². The maximum absolute atomic E-state index is 12.3. The summed E-state index contributed by atoms with van der Waals surface area (Å²) in [4.78, 5) is 23.4. The highest BCUT2D eigenvalue weighted by Crippen LogP contribution is 2.38. The molecule has 0 spiro atoms. The van der Waals surface area contributed by atoms with Crippen molar-refractivity contribution in [3.63, 3.8) is 0 Å². The third-order valence-electron chi connectivity index (χ3n) is 4.04. The number of carbonyl (C=O) groups is 2. The van der Waals surface area contributed by atoms with Crippen LogP contribution < -0.4 is 5.32 Å². The van der Waals surface area contributed by atoms with E-state index >= 15 is 0 Å². The van der Waals surface area contributed by atoms with E-state index in [0.29, 0.717) is 18.5 Å². The second-order valence-corrected chi connectivity index (χ2v) is 5.89. The highest BCUT2D eigenvalue weighted by atomic mass is 16.4. The van der Waals surface area contributed by atoms with E-state index in [-0.39, 0.29) is 5.91 Å². The molecule has 112 valence electrons. The summed E-state index contributed by atoms with van der Waals surface area (Å²) < 4.78 is 1.28. The van der Waals surface area contributed by atoms with Gasteiger partial charge in [-0.25, -0.2) is 4.79 Å². The molecule has 1 aromatic rings. The topological polar surface area (TPSA) is 108 Å². The Morgan fingerprint density at radius 1 is 1.48 bits per heavy atom. The molecule has 0 bridgehead atoms. The molecule has 1 saturated carbocycles. The van der Waals surface area contributed by atoms with Gasteiger partial charge in [0, 0.05) is 6.20 Å². The van der Waals surface area contributed by atoms with E-state index < -0.39 is 16.9 Å². The van der Waals surface area contributed by atoms with Crippen molar-refractivity contribution in [3.8, 4) is 6.07 Å². The molecule has 1 aliphatic carbocycles. The fourth-order valence-corrected chi connectivity index (χ4v) is 2.41. The molecular formula is C14H18N4O3. The second-order valence-electron chi connectivity index (χ2n) is 5.89. The zero-order chi connectivity index (χ0) is 15.7. The molecule has 0 saturated heterocycles. The highest BCUT2D eigenvalue weighted by molar-refractivity contribution is 5.97. The Hall–Kier alpha value is -2.36. The van der Waals surface area contributed by atoms with Crippen LogP contribution in [-0.2, 0) is 15.1 Å². The summed E-state index contributed by atoms with van der Waals surface area (Å²) in [6.07, 6.45) is 5.71. The number of hydrogen-bond acceptors (Lipinski definition) is 4. The van der Waals surface area contributed by atoms with Crippen molar-refractivity contribution >= 4 is 17.6 Å². The predicted molar refractivity (Wildman–Crippen MR) is 74.3 cm³/mol. The van der Waals surface area contributed by atoms with Gasteiger partial charge in [-0.1, -0.05) is 12.8 Å². The van der Waals surface area contributed by atoms with Gasteiger partial charge in [0.05, 0.1) is 18.0 Å². The lowest BCUT2D eigenvalue weighted by molar-refractivity contribution is -0.146. The monoisotopic (exact) mass is 290 g/mol. The Balaban J connectivity index is 2.15. The van der Waals surface area contributed by atoms with Crippen LogP contribution in [-0.4, -0.2) is 26.8 Å². The maximum Gasteiger partial charge on any atom is 0.331 e. The number of carbonyl (C=O) groups excluding carboxylic acids is 1. The molecule has 7 nitrogen and oxygen atoms in total. The summed E-state index contributed by atoms with van der Waals surface area (Å²) in [5.74, 6) is -1.36. The first-order chi connectivity index (χ1) is 9.82. The molecule has 0 unspecified atom stereocenters. The number of amides is 1. The number of nitrogens with one attached hydrogen (secondary N) is 1. The molecule has 0 aliphatic heterocycles. The van der Waals surface area contributed by atoms with Crippen molar-refractivity contribution in [1.29, 1.82) is 5.26 Å². The van der Waals surface area contributed by atoms with E-state index in [2.05, 4.69) is 16.5 Å². The molecule has 21 heavy (non-hydrogen) atoms. The normalized spacial score (nSPS) is 17.2. The summed E-state index contributed by atoms with van der Waals surface area (Å²) >= 11 is 0. The first-order valence-corrected chi connectivity index (χ1v) is 6.83. The molecule has 1 aliphatic rings. The average Bonchev–Trinajstić information content (AvgIpc) is 3.07. The molecule has 0 aromatic carbocycles. The van der Waals surface area contributed by atoms with Crippen molar-refractivity contribution in [2.24, 2.45) is 5.41 Å². The standard InChI is InChI=1S/C14H18N4O3/c1-13(2,12(20)21)18-8-10(7-16-18)17-11(19)14(9-15)5-3-4-6-14/h7-8H,3-6H2,1-2H3,(H,17,19)(H,20,21). The van der Waals surface area contributed by atoms with Gasteiger partial charge in [0.15, 0.2) is 5.54 Å². The number of aliphatic carboxylic acids is 1. The van der Waals surface area contributed by atoms with Crippen LogP contribution in [0.3, 0.4) is 0 Å². The van der Waals surface area contributed by atoms with E-state index in [4.69, 9.17) is 5.11 Å². The molecule has 7 heteroatoms. The van der Waals surface area contributed by atoms with Crippen LogP contribution in [0.15, 0.2) is 12.4 Å². The number of carboxylic acids is 1. The molecule has 1 aromatic heterocycles. The molecule has 1 fully saturated rings. The van der Waals surface area contributed by atoms with Gasteiger partial charge in [0.2, 0.25) is 5.91 Å². The second kappa shape index (κ2) is 5.20. The minimum Gasteiger partial charge on any atom is -0.479 e. The lowest BCUT2D eigenvalue weighted by atomic mass is 9.87. The van der Waals surface area contributed by atoms with E-state index in [9.17, 15) is 14.9 Å². The van der Waals surface area contributed by atoms with Gasteiger partial charge in [0.25, 0.3) is 0 Å². The number of aromatic nitrogens is 2. The summed E-state index contributed by atoms with van der Waals surface area (Å²) in [6, 6.07) is 2.12. The average molecular weight is 290 g/mol. The molecule has 1 amide bonds. The SMILES string of the molecule is CC(C)(C(=O)O)n1cc(NC(=O)C2(C#N)CCCC2)cn1. The number of anilines is 1. The fourth-order valence-electron chi connectivity index (χ4n) is 2.41. The largest absolute Gasteiger partial charge is 0.479 e. The minimum atomic E-state index is -1.21. The van der Waals surface area contributed by atoms with Crippen LogP contribution in [0.5, 0.6) is 0 Å². The summed E-state index contributed by atoms with van der Waals surface area (Å²) in [5, 5.41) is 25.1. The lowest BCUT2D eigenvalue weighted by Gasteiger charge is -2.20. The van der Waals surface area contributed by atoms with Gasteiger partial charge < -0.3 is 10.4 Å². The van der Waals surface area contributed by atoms with E-state index in [1.54, 1.807) is 0 Å². The Labute approximate surface area is 122 Å².